The lowest BCUT2D eigenvalue weighted by atomic mass is 10.0. The molecule has 1 saturated carbocycles. The van der Waals surface area contributed by atoms with Crippen LogP contribution in [0.25, 0.3) is 0 Å². The first-order valence-electron chi connectivity index (χ1n) is 8.35. The molecule has 0 aromatic heterocycles. The average molecular weight is 302 g/mol. The average Bonchev–Trinajstić information content (AvgIpc) is 2.95. The molecule has 1 N–H and O–H groups in total. The first-order chi connectivity index (χ1) is 10.6. The zero-order valence-corrected chi connectivity index (χ0v) is 13.6. The molecule has 120 valence electrons. The van der Waals surface area contributed by atoms with E-state index in [4.69, 9.17) is 0 Å². The predicted octanol–water partition coefficient (Wildman–Crippen LogP) is 1.97. The van der Waals surface area contributed by atoms with Gasteiger partial charge in [-0.1, -0.05) is 17.7 Å². The number of aryl methyl sites for hydroxylation is 2. The van der Waals surface area contributed by atoms with Crippen LogP contribution in [0, 0.1) is 13.8 Å². The predicted molar refractivity (Wildman–Crippen MR) is 87.0 cm³/mol. The molecule has 2 atom stereocenters. The van der Waals surface area contributed by atoms with E-state index in [1.54, 1.807) is 0 Å². The van der Waals surface area contributed by atoms with Crippen LogP contribution in [0.3, 0.4) is 0 Å². The number of carbonyl (C=O) groups is 1. The highest BCUT2D eigenvalue weighted by atomic mass is 16.3. The van der Waals surface area contributed by atoms with Crippen LogP contribution in [0.5, 0.6) is 0 Å². The van der Waals surface area contributed by atoms with Crippen LogP contribution in [0.4, 0.5) is 0 Å². The number of amides is 1. The lowest BCUT2D eigenvalue weighted by Gasteiger charge is -2.39. The molecule has 0 bridgehead atoms. The van der Waals surface area contributed by atoms with Crippen LogP contribution in [0.1, 0.15) is 40.7 Å². The van der Waals surface area contributed by atoms with Crippen LogP contribution in [0.15, 0.2) is 18.2 Å². The molecule has 0 spiro atoms. The van der Waals surface area contributed by atoms with E-state index in [0.29, 0.717) is 6.04 Å². The molecule has 4 heteroatoms. The Morgan fingerprint density at radius 2 is 1.86 bits per heavy atom. The summed E-state index contributed by atoms with van der Waals surface area (Å²) >= 11 is 0. The highest BCUT2D eigenvalue weighted by molar-refractivity contribution is 5.95. The maximum Gasteiger partial charge on any atom is 0.254 e. The molecule has 0 unspecified atom stereocenters. The van der Waals surface area contributed by atoms with Gasteiger partial charge in [0, 0.05) is 37.8 Å². The van der Waals surface area contributed by atoms with Crippen LogP contribution in [-0.4, -0.2) is 59.1 Å². The molecular weight excluding hydrogens is 276 g/mol. The van der Waals surface area contributed by atoms with Crippen molar-refractivity contribution in [3.63, 3.8) is 0 Å². The van der Waals surface area contributed by atoms with Gasteiger partial charge in [-0.25, -0.2) is 0 Å². The van der Waals surface area contributed by atoms with Gasteiger partial charge in [0.15, 0.2) is 0 Å². The van der Waals surface area contributed by atoms with Gasteiger partial charge in [0.2, 0.25) is 0 Å². The van der Waals surface area contributed by atoms with Crippen LogP contribution < -0.4 is 0 Å². The van der Waals surface area contributed by atoms with Crippen molar-refractivity contribution < 1.29 is 9.90 Å². The third-order valence-electron chi connectivity index (χ3n) is 5.14. The number of benzene rings is 1. The molecule has 2 aliphatic rings. The van der Waals surface area contributed by atoms with E-state index in [9.17, 15) is 9.90 Å². The van der Waals surface area contributed by atoms with E-state index in [0.717, 1.165) is 62.1 Å². The molecule has 1 saturated heterocycles. The van der Waals surface area contributed by atoms with E-state index in [-0.39, 0.29) is 12.0 Å². The fourth-order valence-electron chi connectivity index (χ4n) is 3.74. The standard InChI is InChI=1S/C18H26N2O2/c1-13-6-7-14(2)15(12-13)18(22)20-10-8-19(9-11-20)16-4-3-5-17(16)21/h6-7,12,16-17,21H,3-5,8-11H2,1-2H3/t16-,17+/m1/s1. The first kappa shape index (κ1) is 15.5. The fourth-order valence-corrected chi connectivity index (χ4v) is 3.74. The van der Waals surface area contributed by atoms with Gasteiger partial charge in [-0.15, -0.1) is 0 Å². The van der Waals surface area contributed by atoms with Crippen molar-refractivity contribution in [1.29, 1.82) is 0 Å². The van der Waals surface area contributed by atoms with E-state index in [1.807, 2.05) is 36.9 Å². The third-order valence-corrected chi connectivity index (χ3v) is 5.14. The van der Waals surface area contributed by atoms with Crippen molar-refractivity contribution in [2.24, 2.45) is 0 Å². The second kappa shape index (κ2) is 6.39. The van der Waals surface area contributed by atoms with Gasteiger partial charge < -0.3 is 10.0 Å². The van der Waals surface area contributed by atoms with Crippen molar-refractivity contribution in [3.8, 4) is 0 Å². The minimum Gasteiger partial charge on any atom is -0.391 e. The van der Waals surface area contributed by atoms with Crippen molar-refractivity contribution in [2.75, 3.05) is 26.2 Å². The number of piperazine rings is 1. The molecule has 3 rings (SSSR count). The maximum atomic E-state index is 12.7. The molecule has 0 radical (unpaired) electrons. The normalized spacial score (nSPS) is 26.4. The third kappa shape index (κ3) is 3.03. The molecule has 2 fully saturated rings. The number of aliphatic hydroxyl groups excluding tert-OH is 1. The minimum atomic E-state index is -0.179. The highest BCUT2D eigenvalue weighted by Crippen LogP contribution is 2.25. The summed E-state index contributed by atoms with van der Waals surface area (Å²) in [4.78, 5) is 17.0. The molecule has 22 heavy (non-hydrogen) atoms. The van der Waals surface area contributed by atoms with Gasteiger partial charge >= 0.3 is 0 Å². The quantitative estimate of drug-likeness (QED) is 0.908. The van der Waals surface area contributed by atoms with Crippen molar-refractivity contribution >= 4 is 5.91 Å². The van der Waals surface area contributed by atoms with Gasteiger partial charge in [-0.05, 0) is 44.7 Å². The molecule has 1 aliphatic heterocycles. The summed E-state index contributed by atoms with van der Waals surface area (Å²) in [5.74, 6) is 0.146. The zero-order valence-electron chi connectivity index (χ0n) is 13.6. The molecular formula is C18H26N2O2. The van der Waals surface area contributed by atoms with Gasteiger partial charge in [0.25, 0.3) is 5.91 Å². The smallest absolute Gasteiger partial charge is 0.254 e. The second-order valence-electron chi connectivity index (χ2n) is 6.71. The van der Waals surface area contributed by atoms with Crippen LogP contribution in [-0.2, 0) is 0 Å². The van der Waals surface area contributed by atoms with Crippen LogP contribution >= 0.6 is 0 Å². The Balaban J connectivity index is 1.63. The Kier molecular flexibility index (Phi) is 4.50. The number of carbonyl (C=O) groups excluding carboxylic acids is 1. The lowest BCUT2D eigenvalue weighted by molar-refractivity contribution is 0.0315. The summed E-state index contributed by atoms with van der Waals surface area (Å²) in [6.07, 6.45) is 2.95. The number of aliphatic hydroxyl groups is 1. The summed E-state index contributed by atoms with van der Waals surface area (Å²) in [5, 5.41) is 10.0. The molecule has 4 nitrogen and oxygen atoms in total. The fraction of sp³-hybridized carbons (Fsp3) is 0.611. The Labute approximate surface area is 132 Å². The number of nitrogens with zero attached hydrogens (tertiary/aromatic N) is 2. The first-order valence-corrected chi connectivity index (χ1v) is 8.35. The van der Waals surface area contributed by atoms with Crippen LogP contribution in [0.2, 0.25) is 0 Å². The summed E-state index contributed by atoms with van der Waals surface area (Å²) in [5.41, 5.74) is 3.00. The zero-order chi connectivity index (χ0) is 15.7. The Bertz CT molecular complexity index is 550. The van der Waals surface area contributed by atoms with Gasteiger partial charge in [-0.3, -0.25) is 9.69 Å². The number of hydrogen-bond donors (Lipinski definition) is 1. The largest absolute Gasteiger partial charge is 0.391 e. The molecule has 1 amide bonds. The van der Waals surface area contributed by atoms with Crippen molar-refractivity contribution in [1.82, 2.24) is 9.80 Å². The molecule has 1 aromatic carbocycles. The van der Waals surface area contributed by atoms with Gasteiger partial charge in [-0.2, -0.15) is 0 Å². The van der Waals surface area contributed by atoms with E-state index < -0.39 is 0 Å². The topological polar surface area (TPSA) is 43.8 Å². The Morgan fingerprint density at radius 1 is 1.14 bits per heavy atom. The van der Waals surface area contributed by atoms with E-state index >= 15 is 0 Å². The molecule has 1 heterocycles. The molecule has 1 aromatic rings. The number of hydrogen-bond acceptors (Lipinski definition) is 3. The summed E-state index contributed by atoms with van der Waals surface area (Å²) < 4.78 is 0. The van der Waals surface area contributed by atoms with E-state index in [2.05, 4.69) is 4.90 Å². The van der Waals surface area contributed by atoms with Crippen molar-refractivity contribution in [2.45, 2.75) is 45.3 Å². The summed E-state index contributed by atoms with van der Waals surface area (Å²) in [7, 11) is 0. The highest BCUT2D eigenvalue weighted by Gasteiger charge is 2.33. The second-order valence-corrected chi connectivity index (χ2v) is 6.71. The van der Waals surface area contributed by atoms with Crippen molar-refractivity contribution in [3.05, 3.63) is 34.9 Å². The minimum absolute atomic E-state index is 0.146. The maximum absolute atomic E-state index is 12.7. The molecule has 1 aliphatic carbocycles. The summed E-state index contributed by atoms with van der Waals surface area (Å²) in [6.45, 7) is 7.29. The Morgan fingerprint density at radius 3 is 2.50 bits per heavy atom. The lowest BCUT2D eigenvalue weighted by Crippen LogP contribution is -2.53. The Hall–Kier alpha value is -1.39. The SMILES string of the molecule is Cc1ccc(C)c(C(=O)N2CCN([C@@H]3CCC[C@@H]3O)CC2)c1. The monoisotopic (exact) mass is 302 g/mol. The van der Waals surface area contributed by atoms with Gasteiger partial charge in [0.1, 0.15) is 0 Å². The number of rotatable bonds is 2. The van der Waals surface area contributed by atoms with E-state index in [1.165, 1.54) is 0 Å². The summed E-state index contributed by atoms with van der Waals surface area (Å²) in [6, 6.07) is 6.36. The van der Waals surface area contributed by atoms with Gasteiger partial charge in [0.05, 0.1) is 6.10 Å².